The number of carbonyl (C=O) groups is 4. The Hall–Kier alpha value is -2.90. The Bertz CT molecular complexity index is 701. The standard InChI is InChI=1S/C20H27N3O5/c1-13(24)21-18(15-9-5-6-10-15)19(26)23-22-17(25)12-16(20(27)28)11-14-7-3-2-4-8-14/h2-4,7-8,15-16,18H,5-6,9-12H2,1H3,(H,21,24)(H,22,25)(H,23,26)(H,27,28). The van der Waals surface area contributed by atoms with Gasteiger partial charge in [0, 0.05) is 13.3 Å². The molecule has 0 spiro atoms. The molecule has 0 saturated heterocycles. The van der Waals surface area contributed by atoms with Gasteiger partial charge in [-0.1, -0.05) is 43.2 Å². The van der Waals surface area contributed by atoms with E-state index in [1.807, 2.05) is 6.07 Å². The molecule has 0 aromatic heterocycles. The summed E-state index contributed by atoms with van der Waals surface area (Å²) in [5.41, 5.74) is 5.42. The number of hydrogen-bond donors (Lipinski definition) is 4. The van der Waals surface area contributed by atoms with Gasteiger partial charge in [0.05, 0.1) is 5.92 Å². The summed E-state index contributed by atoms with van der Waals surface area (Å²) >= 11 is 0. The predicted octanol–water partition coefficient (Wildman–Crippen LogP) is 1.16. The van der Waals surface area contributed by atoms with Crippen molar-refractivity contribution in [2.24, 2.45) is 11.8 Å². The number of hydrogen-bond acceptors (Lipinski definition) is 4. The number of rotatable bonds is 8. The Morgan fingerprint density at radius 2 is 1.71 bits per heavy atom. The zero-order valence-electron chi connectivity index (χ0n) is 15.9. The molecule has 1 fully saturated rings. The number of benzene rings is 1. The van der Waals surface area contributed by atoms with Crippen molar-refractivity contribution in [3.63, 3.8) is 0 Å². The maximum Gasteiger partial charge on any atom is 0.307 e. The van der Waals surface area contributed by atoms with Gasteiger partial charge in [-0.15, -0.1) is 0 Å². The number of nitrogens with one attached hydrogen (secondary N) is 3. The van der Waals surface area contributed by atoms with E-state index in [4.69, 9.17) is 0 Å². The molecule has 2 unspecified atom stereocenters. The van der Waals surface area contributed by atoms with Crippen LogP contribution in [0.2, 0.25) is 0 Å². The van der Waals surface area contributed by atoms with Crippen LogP contribution in [0.1, 0.15) is 44.6 Å². The monoisotopic (exact) mass is 389 g/mol. The number of carboxylic acids is 1. The maximum atomic E-state index is 12.4. The van der Waals surface area contributed by atoms with Crippen LogP contribution in [-0.2, 0) is 25.6 Å². The second-order valence-corrected chi connectivity index (χ2v) is 7.19. The van der Waals surface area contributed by atoms with Crippen molar-refractivity contribution >= 4 is 23.7 Å². The zero-order chi connectivity index (χ0) is 20.5. The van der Waals surface area contributed by atoms with Gasteiger partial charge in [-0.2, -0.15) is 0 Å². The Labute approximate surface area is 164 Å². The van der Waals surface area contributed by atoms with Crippen LogP contribution in [0.4, 0.5) is 0 Å². The second kappa shape index (κ2) is 10.4. The molecule has 1 aromatic rings. The van der Waals surface area contributed by atoms with Crippen LogP contribution in [0.25, 0.3) is 0 Å². The first kappa shape index (κ1) is 21.4. The van der Waals surface area contributed by atoms with Crippen LogP contribution in [0.15, 0.2) is 30.3 Å². The molecule has 2 atom stereocenters. The van der Waals surface area contributed by atoms with Crippen LogP contribution in [0, 0.1) is 11.8 Å². The van der Waals surface area contributed by atoms with Crippen molar-refractivity contribution in [2.75, 3.05) is 0 Å². The molecule has 28 heavy (non-hydrogen) atoms. The molecule has 4 N–H and O–H groups in total. The van der Waals surface area contributed by atoms with Crippen molar-refractivity contribution in [1.82, 2.24) is 16.2 Å². The molecule has 1 saturated carbocycles. The molecule has 152 valence electrons. The fourth-order valence-corrected chi connectivity index (χ4v) is 3.54. The number of carboxylic acid groups (broad SMARTS) is 1. The highest BCUT2D eigenvalue weighted by Gasteiger charge is 2.31. The molecule has 1 aliphatic carbocycles. The highest BCUT2D eigenvalue weighted by Crippen LogP contribution is 2.27. The summed E-state index contributed by atoms with van der Waals surface area (Å²) in [6.45, 7) is 1.34. The summed E-state index contributed by atoms with van der Waals surface area (Å²) in [5, 5.41) is 12.0. The molecule has 8 nitrogen and oxygen atoms in total. The molecule has 1 aromatic carbocycles. The second-order valence-electron chi connectivity index (χ2n) is 7.19. The van der Waals surface area contributed by atoms with E-state index in [0.29, 0.717) is 0 Å². The summed E-state index contributed by atoms with van der Waals surface area (Å²) < 4.78 is 0. The summed E-state index contributed by atoms with van der Waals surface area (Å²) in [6, 6.07) is 8.33. The van der Waals surface area contributed by atoms with E-state index in [9.17, 15) is 24.3 Å². The topological polar surface area (TPSA) is 125 Å². The first-order chi connectivity index (χ1) is 13.4. The van der Waals surface area contributed by atoms with Crippen molar-refractivity contribution in [1.29, 1.82) is 0 Å². The summed E-state index contributed by atoms with van der Waals surface area (Å²) in [4.78, 5) is 47.4. The SMILES string of the molecule is CC(=O)NC(C(=O)NNC(=O)CC(Cc1ccccc1)C(=O)O)C1CCCC1. The lowest BCUT2D eigenvalue weighted by Crippen LogP contribution is -2.54. The van der Waals surface area contributed by atoms with E-state index < -0.39 is 29.7 Å². The van der Waals surface area contributed by atoms with Gasteiger partial charge in [-0.05, 0) is 30.7 Å². The van der Waals surface area contributed by atoms with Gasteiger partial charge in [-0.3, -0.25) is 30.0 Å². The molecule has 1 aliphatic rings. The van der Waals surface area contributed by atoms with Gasteiger partial charge in [0.1, 0.15) is 6.04 Å². The summed E-state index contributed by atoms with van der Waals surface area (Å²) in [6.07, 6.45) is 3.63. The van der Waals surface area contributed by atoms with Crippen molar-refractivity contribution in [3.05, 3.63) is 35.9 Å². The van der Waals surface area contributed by atoms with Gasteiger partial charge in [0.2, 0.25) is 11.8 Å². The molecule has 0 bridgehead atoms. The smallest absolute Gasteiger partial charge is 0.307 e. The number of hydrazine groups is 1. The number of amides is 3. The molecule has 2 rings (SSSR count). The first-order valence-electron chi connectivity index (χ1n) is 9.49. The number of carbonyl (C=O) groups excluding carboxylic acids is 3. The lowest BCUT2D eigenvalue weighted by Gasteiger charge is -2.23. The van der Waals surface area contributed by atoms with Crippen LogP contribution in [-0.4, -0.2) is 34.8 Å². The van der Waals surface area contributed by atoms with Gasteiger partial charge in [-0.25, -0.2) is 0 Å². The number of aliphatic carboxylic acids is 1. The van der Waals surface area contributed by atoms with Crippen LogP contribution in [0.5, 0.6) is 0 Å². The highest BCUT2D eigenvalue weighted by atomic mass is 16.4. The molecular weight excluding hydrogens is 362 g/mol. The zero-order valence-corrected chi connectivity index (χ0v) is 15.9. The molecule has 3 amide bonds. The third kappa shape index (κ3) is 6.68. The molecule has 0 radical (unpaired) electrons. The van der Waals surface area contributed by atoms with E-state index in [0.717, 1.165) is 31.2 Å². The Balaban J connectivity index is 1.88. The van der Waals surface area contributed by atoms with E-state index in [-0.39, 0.29) is 24.7 Å². The maximum absolute atomic E-state index is 12.4. The van der Waals surface area contributed by atoms with Crippen LogP contribution < -0.4 is 16.2 Å². The summed E-state index contributed by atoms with van der Waals surface area (Å²) in [7, 11) is 0. The van der Waals surface area contributed by atoms with Crippen LogP contribution in [0.3, 0.4) is 0 Å². The fraction of sp³-hybridized carbons (Fsp3) is 0.500. The van der Waals surface area contributed by atoms with Gasteiger partial charge in [0.25, 0.3) is 5.91 Å². The third-order valence-corrected chi connectivity index (χ3v) is 4.94. The largest absolute Gasteiger partial charge is 0.481 e. The lowest BCUT2D eigenvalue weighted by molar-refractivity contribution is -0.144. The average molecular weight is 389 g/mol. The van der Waals surface area contributed by atoms with Gasteiger partial charge < -0.3 is 10.4 Å². The average Bonchev–Trinajstić information content (AvgIpc) is 3.18. The third-order valence-electron chi connectivity index (χ3n) is 4.94. The van der Waals surface area contributed by atoms with Crippen molar-refractivity contribution in [2.45, 2.75) is 51.5 Å². The van der Waals surface area contributed by atoms with Crippen molar-refractivity contribution in [3.8, 4) is 0 Å². The first-order valence-corrected chi connectivity index (χ1v) is 9.49. The predicted molar refractivity (Wildman–Crippen MR) is 102 cm³/mol. The lowest BCUT2D eigenvalue weighted by atomic mass is 9.96. The minimum Gasteiger partial charge on any atom is -0.481 e. The van der Waals surface area contributed by atoms with E-state index in [1.165, 1.54) is 6.92 Å². The Morgan fingerprint density at radius 1 is 1.07 bits per heavy atom. The van der Waals surface area contributed by atoms with E-state index >= 15 is 0 Å². The van der Waals surface area contributed by atoms with E-state index in [2.05, 4.69) is 16.2 Å². The molecule has 0 heterocycles. The fourth-order valence-electron chi connectivity index (χ4n) is 3.54. The molecular formula is C20H27N3O5. The molecule has 0 aliphatic heterocycles. The minimum atomic E-state index is -1.08. The van der Waals surface area contributed by atoms with E-state index in [1.54, 1.807) is 24.3 Å². The minimum absolute atomic E-state index is 0.0330. The summed E-state index contributed by atoms with van der Waals surface area (Å²) in [5.74, 6) is -3.35. The van der Waals surface area contributed by atoms with Crippen LogP contribution >= 0.6 is 0 Å². The van der Waals surface area contributed by atoms with Crippen molar-refractivity contribution < 1.29 is 24.3 Å². The molecule has 8 heteroatoms. The Morgan fingerprint density at radius 3 is 2.29 bits per heavy atom. The van der Waals surface area contributed by atoms with Gasteiger partial charge >= 0.3 is 5.97 Å². The van der Waals surface area contributed by atoms with Gasteiger partial charge in [0.15, 0.2) is 0 Å². The normalized spacial score (nSPS) is 16.0. The quantitative estimate of drug-likeness (QED) is 0.497. The Kier molecular flexibility index (Phi) is 7.98. The highest BCUT2D eigenvalue weighted by molar-refractivity contribution is 5.89.